The molecular formula is C9H14O2. The lowest BCUT2D eigenvalue weighted by molar-refractivity contribution is -0.117. The van der Waals surface area contributed by atoms with E-state index in [2.05, 4.69) is 0 Å². The van der Waals surface area contributed by atoms with Gasteiger partial charge in [0.25, 0.3) is 0 Å². The molecular weight excluding hydrogens is 140 g/mol. The van der Waals surface area contributed by atoms with Crippen molar-refractivity contribution in [1.29, 1.82) is 0 Å². The van der Waals surface area contributed by atoms with Crippen molar-refractivity contribution >= 4 is 5.78 Å². The van der Waals surface area contributed by atoms with Crippen molar-refractivity contribution in [3.8, 4) is 0 Å². The first-order valence-corrected chi connectivity index (χ1v) is 4.17. The summed E-state index contributed by atoms with van der Waals surface area (Å²) in [5.74, 6) is 0.130. The van der Waals surface area contributed by atoms with E-state index >= 15 is 0 Å². The predicted molar refractivity (Wildman–Crippen MR) is 43.2 cm³/mol. The van der Waals surface area contributed by atoms with E-state index in [1.165, 1.54) is 0 Å². The molecule has 0 aromatic rings. The number of Topliss-reactive ketones (excluding diaryl/α,β-unsaturated/α-hetero) is 1. The molecule has 0 radical (unpaired) electrons. The van der Waals surface area contributed by atoms with Crippen molar-refractivity contribution in [1.82, 2.24) is 0 Å². The van der Waals surface area contributed by atoms with Crippen molar-refractivity contribution in [2.24, 2.45) is 0 Å². The molecule has 0 aromatic carbocycles. The van der Waals surface area contributed by atoms with Gasteiger partial charge in [-0.15, -0.1) is 0 Å². The van der Waals surface area contributed by atoms with Crippen molar-refractivity contribution in [2.75, 3.05) is 0 Å². The largest absolute Gasteiger partial charge is 0.388 e. The second-order valence-corrected chi connectivity index (χ2v) is 2.90. The van der Waals surface area contributed by atoms with Gasteiger partial charge < -0.3 is 5.11 Å². The molecule has 0 spiro atoms. The molecule has 0 heterocycles. The van der Waals surface area contributed by atoms with Gasteiger partial charge in [0, 0.05) is 12.0 Å². The molecule has 0 aliphatic heterocycles. The second-order valence-electron chi connectivity index (χ2n) is 2.90. The molecule has 1 aliphatic rings. The van der Waals surface area contributed by atoms with E-state index in [1.807, 2.05) is 13.0 Å². The van der Waals surface area contributed by atoms with Gasteiger partial charge in [-0.1, -0.05) is 13.0 Å². The highest BCUT2D eigenvalue weighted by Gasteiger charge is 2.18. The van der Waals surface area contributed by atoms with Gasteiger partial charge >= 0.3 is 0 Å². The molecule has 1 unspecified atom stereocenters. The van der Waals surface area contributed by atoms with E-state index in [0.717, 1.165) is 12.8 Å². The molecule has 0 bridgehead atoms. The van der Waals surface area contributed by atoms with Crippen molar-refractivity contribution in [2.45, 2.75) is 38.7 Å². The SMILES string of the molecule is CCC(O)C1=CCCCC1=O. The van der Waals surface area contributed by atoms with Crippen LogP contribution in [0.1, 0.15) is 32.6 Å². The third kappa shape index (κ3) is 1.90. The number of aliphatic hydroxyl groups excluding tert-OH is 1. The zero-order chi connectivity index (χ0) is 8.27. The summed E-state index contributed by atoms with van der Waals surface area (Å²) in [4.78, 5) is 11.2. The molecule has 0 saturated heterocycles. The highest BCUT2D eigenvalue weighted by molar-refractivity contribution is 5.96. The van der Waals surface area contributed by atoms with Gasteiger partial charge in [0.15, 0.2) is 5.78 Å². The van der Waals surface area contributed by atoms with E-state index in [9.17, 15) is 9.90 Å². The van der Waals surface area contributed by atoms with E-state index in [-0.39, 0.29) is 5.78 Å². The summed E-state index contributed by atoms with van der Waals surface area (Å²) in [6, 6.07) is 0. The minimum absolute atomic E-state index is 0.130. The molecule has 11 heavy (non-hydrogen) atoms. The molecule has 1 aliphatic carbocycles. The number of ketones is 1. The van der Waals surface area contributed by atoms with Crippen LogP contribution in [0.5, 0.6) is 0 Å². The maximum atomic E-state index is 11.2. The van der Waals surface area contributed by atoms with E-state index in [1.54, 1.807) is 0 Å². The van der Waals surface area contributed by atoms with Crippen LogP contribution in [0.4, 0.5) is 0 Å². The smallest absolute Gasteiger partial charge is 0.161 e. The summed E-state index contributed by atoms with van der Waals surface area (Å²) in [5.41, 5.74) is 0.638. The fourth-order valence-electron chi connectivity index (χ4n) is 1.32. The molecule has 0 saturated carbocycles. The number of hydrogen-bond acceptors (Lipinski definition) is 2. The molecule has 62 valence electrons. The van der Waals surface area contributed by atoms with Gasteiger partial charge in [-0.05, 0) is 19.3 Å². The van der Waals surface area contributed by atoms with Gasteiger partial charge in [0.2, 0.25) is 0 Å². The Hall–Kier alpha value is -0.630. The Balaban J connectivity index is 2.67. The van der Waals surface area contributed by atoms with Crippen LogP contribution in [-0.2, 0) is 4.79 Å². The number of aliphatic hydroxyl groups is 1. The zero-order valence-corrected chi connectivity index (χ0v) is 6.84. The number of carbonyl (C=O) groups is 1. The summed E-state index contributed by atoms with van der Waals surface area (Å²) >= 11 is 0. The number of hydrogen-bond donors (Lipinski definition) is 1. The van der Waals surface area contributed by atoms with Gasteiger partial charge in [-0.3, -0.25) is 4.79 Å². The fourth-order valence-corrected chi connectivity index (χ4v) is 1.32. The maximum Gasteiger partial charge on any atom is 0.161 e. The second kappa shape index (κ2) is 3.67. The van der Waals surface area contributed by atoms with Crippen molar-refractivity contribution < 1.29 is 9.90 Å². The minimum atomic E-state index is -0.525. The number of allylic oxidation sites excluding steroid dienone is 1. The molecule has 2 nitrogen and oxygen atoms in total. The minimum Gasteiger partial charge on any atom is -0.388 e. The quantitative estimate of drug-likeness (QED) is 0.653. The predicted octanol–water partition coefficient (Wildman–Crippen LogP) is 1.44. The van der Waals surface area contributed by atoms with Crippen molar-refractivity contribution in [3.05, 3.63) is 11.6 Å². The van der Waals surface area contributed by atoms with E-state index in [4.69, 9.17) is 0 Å². The standard InChI is InChI=1S/C9H14O2/c1-2-8(10)7-5-3-4-6-9(7)11/h5,8,10H,2-4,6H2,1H3. The lowest BCUT2D eigenvalue weighted by Gasteiger charge is -2.15. The van der Waals surface area contributed by atoms with Gasteiger partial charge in [0.1, 0.15) is 0 Å². The van der Waals surface area contributed by atoms with Gasteiger partial charge in [0.05, 0.1) is 6.10 Å². The summed E-state index contributed by atoms with van der Waals surface area (Å²) in [6.45, 7) is 1.88. The molecule has 0 fully saturated rings. The first-order valence-electron chi connectivity index (χ1n) is 4.17. The van der Waals surface area contributed by atoms with Gasteiger partial charge in [-0.25, -0.2) is 0 Å². The van der Waals surface area contributed by atoms with Crippen LogP contribution in [-0.4, -0.2) is 17.0 Å². The Morgan fingerprint density at radius 2 is 2.45 bits per heavy atom. The highest BCUT2D eigenvalue weighted by atomic mass is 16.3. The van der Waals surface area contributed by atoms with E-state index < -0.39 is 6.10 Å². The Labute approximate surface area is 66.9 Å². The zero-order valence-electron chi connectivity index (χ0n) is 6.84. The van der Waals surface area contributed by atoms with Crippen LogP contribution in [0.3, 0.4) is 0 Å². The lowest BCUT2D eigenvalue weighted by atomic mass is 9.93. The van der Waals surface area contributed by atoms with Crippen LogP contribution in [0, 0.1) is 0 Å². The van der Waals surface area contributed by atoms with Gasteiger partial charge in [-0.2, -0.15) is 0 Å². The lowest BCUT2D eigenvalue weighted by Crippen LogP contribution is -2.19. The number of rotatable bonds is 2. The topological polar surface area (TPSA) is 37.3 Å². The fraction of sp³-hybridized carbons (Fsp3) is 0.667. The average molecular weight is 154 g/mol. The monoisotopic (exact) mass is 154 g/mol. The summed E-state index contributed by atoms with van der Waals surface area (Å²) in [7, 11) is 0. The maximum absolute atomic E-state index is 11.2. The Bertz CT molecular complexity index is 182. The molecule has 1 atom stereocenters. The van der Waals surface area contributed by atoms with Crippen LogP contribution in [0.25, 0.3) is 0 Å². The molecule has 1 N–H and O–H groups in total. The van der Waals surface area contributed by atoms with Crippen LogP contribution in [0.2, 0.25) is 0 Å². The Morgan fingerprint density at radius 1 is 1.73 bits per heavy atom. The first-order chi connectivity index (χ1) is 5.25. The molecule has 0 amide bonds. The first kappa shape index (κ1) is 8.47. The Morgan fingerprint density at radius 3 is 3.00 bits per heavy atom. The van der Waals surface area contributed by atoms with E-state index in [0.29, 0.717) is 18.4 Å². The normalized spacial score (nSPS) is 21.3. The van der Waals surface area contributed by atoms with Crippen LogP contribution >= 0.6 is 0 Å². The molecule has 1 rings (SSSR count). The summed E-state index contributed by atoms with van der Waals surface area (Å²) in [5, 5.41) is 9.36. The highest BCUT2D eigenvalue weighted by Crippen LogP contribution is 2.18. The van der Waals surface area contributed by atoms with Crippen molar-refractivity contribution in [3.63, 3.8) is 0 Å². The summed E-state index contributed by atoms with van der Waals surface area (Å²) in [6.07, 6.45) is 4.49. The van der Waals surface area contributed by atoms with Crippen LogP contribution < -0.4 is 0 Å². The third-order valence-corrected chi connectivity index (χ3v) is 2.04. The molecule has 0 aromatic heterocycles. The third-order valence-electron chi connectivity index (χ3n) is 2.04. The average Bonchev–Trinajstić information content (AvgIpc) is 2.04. The molecule has 2 heteroatoms. The Kier molecular flexibility index (Phi) is 2.83. The summed E-state index contributed by atoms with van der Waals surface area (Å²) < 4.78 is 0. The number of carbonyl (C=O) groups excluding carboxylic acids is 1. The van der Waals surface area contributed by atoms with Crippen LogP contribution in [0.15, 0.2) is 11.6 Å².